The van der Waals surface area contributed by atoms with Crippen LogP contribution in [-0.2, 0) is 9.53 Å². The highest BCUT2D eigenvalue weighted by Crippen LogP contribution is 2.18. The van der Waals surface area contributed by atoms with Gasteiger partial charge in [0.05, 0.1) is 12.5 Å². The molecule has 17 heavy (non-hydrogen) atoms. The second kappa shape index (κ2) is 7.67. The summed E-state index contributed by atoms with van der Waals surface area (Å²) in [5, 5.41) is 0. The second-order valence-electron chi connectivity index (χ2n) is 4.69. The Morgan fingerprint density at radius 1 is 1.47 bits per heavy atom. The highest BCUT2D eigenvalue weighted by molar-refractivity contribution is 5.77. The largest absolute Gasteiger partial charge is 0.378 e. The minimum Gasteiger partial charge on any atom is -0.378 e. The van der Waals surface area contributed by atoms with Gasteiger partial charge in [0.15, 0.2) is 0 Å². The first-order chi connectivity index (χ1) is 8.22. The average Bonchev–Trinajstić information content (AvgIpc) is 2.82. The molecule has 0 aromatic rings. The van der Waals surface area contributed by atoms with Crippen molar-refractivity contribution >= 4 is 5.91 Å². The Kier molecular flexibility index (Phi) is 6.52. The molecule has 0 spiro atoms. The summed E-state index contributed by atoms with van der Waals surface area (Å²) in [6.45, 7) is 6.25. The molecular formula is C13H26N2O2. The van der Waals surface area contributed by atoms with Gasteiger partial charge in [0.1, 0.15) is 0 Å². The van der Waals surface area contributed by atoms with Crippen LogP contribution in [0, 0.1) is 0 Å². The van der Waals surface area contributed by atoms with Crippen LogP contribution in [0.1, 0.15) is 46.0 Å². The Bertz CT molecular complexity index is 223. The quantitative estimate of drug-likeness (QED) is 0.736. The lowest BCUT2D eigenvalue weighted by Gasteiger charge is -2.31. The molecule has 100 valence electrons. The first-order valence-electron chi connectivity index (χ1n) is 6.84. The van der Waals surface area contributed by atoms with Crippen LogP contribution in [0.15, 0.2) is 0 Å². The molecule has 1 aliphatic heterocycles. The Hall–Kier alpha value is -0.610. The maximum Gasteiger partial charge on any atom is 0.225 e. The van der Waals surface area contributed by atoms with Crippen molar-refractivity contribution in [3.8, 4) is 0 Å². The van der Waals surface area contributed by atoms with Crippen molar-refractivity contribution in [2.24, 2.45) is 5.73 Å². The standard InChI is InChI=1S/C13H26N2O2/c1-3-11(4-2)15(8-7-14)13(16)10-12-6-5-9-17-12/h11-12H,3-10,14H2,1-2H3. The zero-order valence-corrected chi connectivity index (χ0v) is 11.2. The predicted molar refractivity (Wildman–Crippen MR) is 68.7 cm³/mol. The normalized spacial score (nSPS) is 19.9. The van der Waals surface area contributed by atoms with Crippen LogP contribution in [0.2, 0.25) is 0 Å². The van der Waals surface area contributed by atoms with Gasteiger partial charge in [-0.2, -0.15) is 0 Å². The minimum atomic E-state index is 0.136. The molecule has 1 aliphatic rings. The molecule has 2 N–H and O–H groups in total. The molecule has 1 amide bonds. The summed E-state index contributed by atoms with van der Waals surface area (Å²) in [4.78, 5) is 14.2. The molecule has 4 nitrogen and oxygen atoms in total. The topological polar surface area (TPSA) is 55.6 Å². The highest BCUT2D eigenvalue weighted by Gasteiger charge is 2.25. The van der Waals surface area contributed by atoms with Crippen molar-refractivity contribution in [3.05, 3.63) is 0 Å². The van der Waals surface area contributed by atoms with E-state index in [4.69, 9.17) is 10.5 Å². The molecule has 0 radical (unpaired) electrons. The number of amides is 1. The number of carbonyl (C=O) groups is 1. The average molecular weight is 242 g/mol. The molecule has 0 bridgehead atoms. The molecule has 1 saturated heterocycles. The van der Waals surface area contributed by atoms with Crippen molar-refractivity contribution in [1.82, 2.24) is 4.90 Å². The van der Waals surface area contributed by atoms with E-state index in [0.29, 0.717) is 25.6 Å². The maximum atomic E-state index is 12.2. The lowest BCUT2D eigenvalue weighted by Crippen LogP contribution is -2.43. The third kappa shape index (κ3) is 4.28. The van der Waals surface area contributed by atoms with E-state index in [1.54, 1.807) is 0 Å². The number of carbonyl (C=O) groups excluding carboxylic acids is 1. The van der Waals surface area contributed by atoms with Crippen LogP contribution in [0.3, 0.4) is 0 Å². The summed E-state index contributed by atoms with van der Waals surface area (Å²) >= 11 is 0. The van der Waals surface area contributed by atoms with Crippen LogP contribution in [0.4, 0.5) is 0 Å². The van der Waals surface area contributed by atoms with Gasteiger partial charge in [-0.05, 0) is 25.7 Å². The van der Waals surface area contributed by atoms with Crippen LogP contribution < -0.4 is 5.73 Å². The van der Waals surface area contributed by atoms with Crippen molar-refractivity contribution in [3.63, 3.8) is 0 Å². The summed E-state index contributed by atoms with van der Waals surface area (Å²) in [6, 6.07) is 0.326. The molecular weight excluding hydrogens is 216 g/mol. The SMILES string of the molecule is CCC(CC)N(CCN)C(=O)CC1CCCO1. The van der Waals surface area contributed by atoms with Crippen LogP contribution in [0.5, 0.6) is 0 Å². The van der Waals surface area contributed by atoms with E-state index in [-0.39, 0.29) is 12.0 Å². The minimum absolute atomic E-state index is 0.136. The molecule has 1 heterocycles. The molecule has 0 aromatic carbocycles. The summed E-state index contributed by atoms with van der Waals surface area (Å²) in [5.41, 5.74) is 5.60. The summed E-state index contributed by atoms with van der Waals surface area (Å²) in [5.74, 6) is 0.205. The van der Waals surface area contributed by atoms with E-state index < -0.39 is 0 Å². The fourth-order valence-corrected chi connectivity index (χ4v) is 2.50. The number of hydrogen-bond donors (Lipinski definition) is 1. The van der Waals surface area contributed by atoms with Gasteiger partial charge < -0.3 is 15.4 Å². The van der Waals surface area contributed by atoms with Gasteiger partial charge in [0, 0.05) is 25.7 Å². The molecule has 0 aliphatic carbocycles. The van der Waals surface area contributed by atoms with Crippen molar-refractivity contribution < 1.29 is 9.53 Å². The van der Waals surface area contributed by atoms with Crippen LogP contribution >= 0.6 is 0 Å². The van der Waals surface area contributed by atoms with E-state index in [9.17, 15) is 4.79 Å². The van der Waals surface area contributed by atoms with Gasteiger partial charge in [-0.3, -0.25) is 4.79 Å². The van der Waals surface area contributed by atoms with E-state index in [0.717, 1.165) is 32.3 Å². The number of nitrogens with two attached hydrogens (primary N) is 1. The molecule has 4 heteroatoms. The van der Waals surface area contributed by atoms with Crippen LogP contribution in [-0.4, -0.2) is 42.6 Å². The second-order valence-corrected chi connectivity index (χ2v) is 4.69. The van der Waals surface area contributed by atoms with Crippen LogP contribution in [0.25, 0.3) is 0 Å². The molecule has 1 rings (SSSR count). The molecule has 0 aromatic heterocycles. The number of nitrogens with zero attached hydrogens (tertiary/aromatic N) is 1. The number of rotatable bonds is 7. The van der Waals surface area contributed by atoms with Gasteiger partial charge in [-0.25, -0.2) is 0 Å². The fraction of sp³-hybridized carbons (Fsp3) is 0.923. The van der Waals surface area contributed by atoms with Gasteiger partial charge in [0.25, 0.3) is 0 Å². The first-order valence-corrected chi connectivity index (χ1v) is 6.84. The maximum absolute atomic E-state index is 12.2. The van der Waals surface area contributed by atoms with Crippen molar-refractivity contribution in [2.75, 3.05) is 19.7 Å². The lowest BCUT2D eigenvalue weighted by atomic mass is 10.1. The Balaban J connectivity index is 2.52. The molecule has 0 saturated carbocycles. The molecule has 1 unspecified atom stereocenters. The van der Waals surface area contributed by atoms with Gasteiger partial charge in [0.2, 0.25) is 5.91 Å². The van der Waals surface area contributed by atoms with E-state index >= 15 is 0 Å². The molecule has 1 atom stereocenters. The zero-order chi connectivity index (χ0) is 12.7. The van der Waals surface area contributed by atoms with E-state index in [2.05, 4.69) is 13.8 Å². The lowest BCUT2D eigenvalue weighted by molar-refractivity contribution is -0.135. The summed E-state index contributed by atoms with van der Waals surface area (Å²) < 4.78 is 5.52. The van der Waals surface area contributed by atoms with Gasteiger partial charge in [-0.15, -0.1) is 0 Å². The fourth-order valence-electron chi connectivity index (χ4n) is 2.50. The van der Waals surface area contributed by atoms with Gasteiger partial charge in [-0.1, -0.05) is 13.8 Å². The van der Waals surface area contributed by atoms with Gasteiger partial charge >= 0.3 is 0 Å². The highest BCUT2D eigenvalue weighted by atomic mass is 16.5. The Morgan fingerprint density at radius 3 is 2.65 bits per heavy atom. The Labute approximate surface area is 104 Å². The van der Waals surface area contributed by atoms with E-state index in [1.165, 1.54) is 0 Å². The predicted octanol–water partition coefficient (Wildman–Crippen LogP) is 1.53. The monoisotopic (exact) mass is 242 g/mol. The first kappa shape index (κ1) is 14.5. The van der Waals surface area contributed by atoms with Crippen molar-refractivity contribution in [2.45, 2.75) is 58.1 Å². The summed E-state index contributed by atoms with van der Waals surface area (Å²) in [7, 11) is 0. The Morgan fingerprint density at radius 2 is 2.18 bits per heavy atom. The third-order valence-electron chi connectivity index (χ3n) is 3.50. The molecule has 1 fully saturated rings. The van der Waals surface area contributed by atoms with Crippen molar-refractivity contribution in [1.29, 1.82) is 0 Å². The summed E-state index contributed by atoms with van der Waals surface area (Å²) in [6.07, 6.45) is 4.75. The number of ether oxygens (including phenoxy) is 1. The zero-order valence-electron chi connectivity index (χ0n) is 11.2. The van der Waals surface area contributed by atoms with E-state index in [1.807, 2.05) is 4.90 Å². The number of hydrogen-bond acceptors (Lipinski definition) is 3. The third-order valence-corrected chi connectivity index (χ3v) is 3.50. The smallest absolute Gasteiger partial charge is 0.225 e.